The largest absolute Gasteiger partial charge is 0.493 e. The van der Waals surface area contributed by atoms with Crippen LogP contribution in [-0.4, -0.2) is 55.3 Å². The minimum atomic E-state index is -1.04. The van der Waals surface area contributed by atoms with Crippen LogP contribution in [0.3, 0.4) is 0 Å². The second-order valence-corrected chi connectivity index (χ2v) is 4.11. The summed E-state index contributed by atoms with van der Waals surface area (Å²) in [5.74, 6) is -0.624. The van der Waals surface area contributed by atoms with Crippen LogP contribution in [-0.2, 0) is 14.3 Å². The molecule has 0 saturated heterocycles. The molecule has 1 rings (SSSR count). The van der Waals surface area contributed by atoms with E-state index in [1.165, 1.54) is 12.0 Å². The molecule has 0 aliphatic heterocycles. The van der Waals surface area contributed by atoms with Crippen LogP contribution in [0.25, 0.3) is 0 Å². The summed E-state index contributed by atoms with van der Waals surface area (Å²) < 4.78 is 10.3. The second-order valence-electron chi connectivity index (χ2n) is 4.11. The number of rotatable bonds is 9. The van der Waals surface area contributed by atoms with Crippen molar-refractivity contribution in [1.82, 2.24) is 4.90 Å². The molecule has 0 saturated carbocycles. The first kappa shape index (κ1) is 16.0. The van der Waals surface area contributed by atoms with Gasteiger partial charge in [-0.1, -0.05) is 18.2 Å². The molecule has 0 bridgehead atoms. The molecule has 1 aromatic rings. The summed E-state index contributed by atoms with van der Waals surface area (Å²) in [6.45, 7) is 0.449. The monoisotopic (exact) mass is 281 g/mol. The summed E-state index contributed by atoms with van der Waals surface area (Å²) in [5, 5.41) is 8.77. The van der Waals surface area contributed by atoms with Crippen molar-refractivity contribution < 1.29 is 24.2 Å². The molecule has 110 valence electrons. The maximum absolute atomic E-state index is 11.9. The van der Waals surface area contributed by atoms with Gasteiger partial charge in [-0.25, -0.2) is 0 Å². The smallest absolute Gasteiger partial charge is 0.323 e. The van der Waals surface area contributed by atoms with Crippen molar-refractivity contribution in [3.8, 4) is 5.75 Å². The highest BCUT2D eigenvalue weighted by molar-refractivity contribution is 5.81. The van der Waals surface area contributed by atoms with Crippen molar-refractivity contribution >= 4 is 11.9 Å². The number of hydrogen-bond acceptors (Lipinski definition) is 4. The Hall–Kier alpha value is -2.08. The van der Waals surface area contributed by atoms with E-state index in [0.717, 1.165) is 0 Å². The van der Waals surface area contributed by atoms with E-state index in [0.29, 0.717) is 12.4 Å². The van der Waals surface area contributed by atoms with E-state index in [1.807, 2.05) is 18.2 Å². The Balaban J connectivity index is 2.38. The minimum Gasteiger partial charge on any atom is -0.493 e. The number of carbonyl (C=O) groups is 2. The SMILES string of the molecule is COCCN(CC(=O)O)C(=O)CCOc1ccccc1. The fourth-order valence-electron chi connectivity index (χ4n) is 1.59. The Kier molecular flexibility index (Phi) is 7.13. The molecule has 0 aliphatic rings. The van der Waals surface area contributed by atoms with Crippen LogP contribution in [0.5, 0.6) is 5.75 Å². The van der Waals surface area contributed by atoms with Crippen molar-refractivity contribution in [2.75, 3.05) is 33.4 Å². The van der Waals surface area contributed by atoms with Crippen molar-refractivity contribution in [2.24, 2.45) is 0 Å². The lowest BCUT2D eigenvalue weighted by atomic mass is 10.3. The molecule has 0 heterocycles. The maximum atomic E-state index is 11.9. The van der Waals surface area contributed by atoms with Gasteiger partial charge in [-0.3, -0.25) is 9.59 Å². The molecule has 1 amide bonds. The molecule has 0 fully saturated rings. The van der Waals surface area contributed by atoms with Crippen LogP contribution in [0.15, 0.2) is 30.3 Å². The predicted molar refractivity (Wildman–Crippen MR) is 72.6 cm³/mol. The predicted octanol–water partition coefficient (Wildman–Crippen LogP) is 1.02. The number of ether oxygens (including phenoxy) is 2. The van der Waals surface area contributed by atoms with Crippen LogP contribution in [0, 0.1) is 0 Å². The van der Waals surface area contributed by atoms with Crippen LogP contribution in [0.2, 0.25) is 0 Å². The summed E-state index contributed by atoms with van der Waals surface area (Å²) in [4.78, 5) is 23.9. The third kappa shape index (κ3) is 6.19. The number of nitrogens with zero attached hydrogens (tertiary/aromatic N) is 1. The number of aliphatic carboxylic acids is 1. The standard InChI is InChI=1S/C14H19NO5/c1-19-10-8-15(11-14(17)18)13(16)7-9-20-12-5-3-2-4-6-12/h2-6H,7-11H2,1H3,(H,17,18). The Morgan fingerprint density at radius 3 is 2.50 bits per heavy atom. The molecule has 1 aromatic carbocycles. The van der Waals surface area contributed by atoms with Gasteiger partial charge in [0.25, 0.3) is 0 Å². The Morgan fingerprint density at radius 1 is 1.20 bits per heavy atom. The first-order valence-electron chi connectivity index (χ1n) is 6.30. The number of methoxy groups -OCH3 is 1. The second kappa shape index (κ2) is 8.92. The highest BCUT2D eigenvalue weighted by Gasteiger charge is 2.16. The van der Waals surface area contributed by atoms with Gasteiger partial charge in [-0.15, -0.1) is 0 Å². The lowest BCUT2D eigenvalue weighted by Crippen LogP contribution is -2.38. The number of carboxylic acid groups (broad SMARTS) is 1. The molecule has 0 radical (unpaired) electrons. The third-order valence-corrected chi connectivity index (χ3v) is 2.57. The number of carboxylic acids is 1. The van der Waals surface area contributed by atoms with Gasteiger partial charge in [0.05, 0.1) is 19.6 Å². The summed E-state index contributed by atoms with van der Waals surface area (Å²) in [6.07, 6.45) is 0.131. The number of hydrogen-bond donors (Lipinski definition) is 1. The van der Waals surface area contributed by atoms with Gasteiger partial charge in [-0.2, -0.15) is 0 Å². The van der Waals surface area contributed by atoms with E-state index in [-0.39, 0.29) is 32.0 Å². The summed E-state index contributed by atoms with van der Waals surface area (Å²) in [6, 6.07) is 9.14. The number of para-hydroxylation sites is 1. The lowest BCUT2D eigenvalue weighted by Gasteiger charge is -2.20. The third-order valence-electron chi connectivity index (χ3n) is 2.57. The van der Waals surface area contributed by atoms with Crippen LogP contribution in [0.1, 0.15) is 6.42 Å². The summed E-state index contributed by atoms with van der Waals surface area (Å²) >= 11 is 0. The molecular weight excluding hydrogens is 262 g/mol. The summed E-state index contributed by atoms with van der Waals surface area (Å²) in [5.41, 5.74) is 0. The molecule has 6 nitrogen and oxygen atoms in total. The van der Waals surface area contributed by atoms with Gasteiger partial charge in [0.15, 0.2) is 0 Å². The van der Waals surface area contributed by atoms with Gasteiger partial charge >= 0.3 is 5.97 Å². The Labute approximate surface area is 117 Å². The topological polar surface area (TPSA) is 76.1 Å². The lowest BCUT2D eigenvalue weighted by molar-refractivity contribution is -0.145. The first-order chi connectivity index (χ1) is 9.63. The molecule has 0 atom stereocenters. The first-order valence-corrected chi connectivity index (χ1v) is 6.30. The number of amides is 1. The maximum Gasteiger partial charge on any atom is 0.323 e. The Morgan fingerprint density at radius 2 is 1.90 bits per heavy atom. The van der Waals surface area contributed by atoms with Crippen molar-refractivity contribution in [3.63, 3.8) is 0 Å². The van der Waals surface area contributed by atoms with E-state index < -0.39 is 5.97 Å². The zero-order valence-corrected chi connectivity index (χ0v) is 11.4. The highest BCUT2D eigenvalue weighted by atomic mass is 16.5. The molecule has 20 heavy (non-hydrogen) atoms. The fraction of sp³-hybridized carbons (Fsp3) is 0.429. The van der Waals surface area contributed by atoms with Gasteiger partial charge in [0.1, 0.15) is 12.3 Å². The van der Waals surface area contributed by atoms with Crippen LogP contribution < -0.4 is 4.74 Å². The number of carbonyl (C=O) groups excluding carboxylic acids is 1. The van der Waals surface area contributed by atoms with E-state index >= 15 is 0 Å². The highest BCUT2D eigenvalue weighted by Crippen LogP contribution is 2.08. The van der Waals surface area contributed by atoms with Gasteiger partial charge in [-0.05, 0) is 12.1 Å². The summed E-state index contributed by atoms with van der Waals surface area (Å²) in [7, 11) is 1.50. The van der Waals surface area contributed by atoms with E-state index in [2.05, 4.69) is 0 Å². The molecule has 0 aromatic heterocycles. The Bertz CT molecular complexity index is 421. The minimum absolute atomic E-state index is 0.131. The van der Waals surface area contributed by atoms with Crippen molar-refractivity contribution in [1.29, 1.82) is 0 Å². The van der Waals surface area contributed by atoms with Crippen molar-refractivity contribution in [3.05, 3.63) is 30.3 Å². The van der Waals surface area contributed by atoms with Gasteiger partial charge in [0, 0.05) is 13.7 Å². The normalized spacial score (nSPS) is 10.1. The van der Waals surface area contributed by atoms with Crippen LogP contribution >= 0.6 is 0 Å². The molecule has 1 N–H and O–H groups in total. The zero-order chi connectivity index (χ0) is 14.8. The average Bonchev–Trinajstić information content (AvgIpc) is 2.44. The van der Waals surface area contributed by atoms with Gasteiger partial charge < -0.3 is 19.5 Å². The fourth-order valence-corrected chi connectivity index (χ4v) is 1.59. The molecule has 6 heteroatoms. The molecule has 0 aliphatic carbocycles. The van der Waals surface area contributed by atoms with E-state index in [9.17, 15) is 9.59 Å². The van der Waals surface area contributed by atoms with E-state index in [1.54, 1.807) is 12.1 Å². The zero-order valence-electron chi connectivity index (χ0n) is 11.4. The molecule has 0 unspecified atom stereocenters. The van der Waals surface area contributed by atoms with Crippen LogP contribution in [0.4, 0.5) is 0 Å². The molecular formula is C14H19NO5. The molecule has 0 spiro atoms. The number of benzene rings is 1. The quantitative estimate of drug-likeness (QED) is 0.731. The van der Waals surface area contributed by atoms with Crippen molar-refractivity contribution in [2.45, 2.75) is 6.42 Å². The van der Waals surface area contributed by atoms with Gasteiger partial charge in [0.2, 0.25) is 5.91 Å². The van der Waals surface area contributed by atoms with E-state index in [4.69, 9.17) is 14.6 Å². The average molecular weight is 281 g/mol.